The van der Waals surface area contributed by atoms with Gasteiger partial charge >= 0.3 is 0 Å². The molecule has 4 heteroatoms. The lowest BCUT2D eigenvalue weighted by atomic mass is 9.75. The van der Waals surface area contributed by atoms with E-state index in [1.807, 2.05) is 11.9 Å². The van der Waals surface area contributed by atoms with Crippen molar-refractivity contribution >= 4 is 5.91 Å². The van der Waals surface area contributed by atoms with Crippen molar-refractivity contribution in [2.75, 3.05) is 26.7 Å². The summed E-state index contributed by atoms with van der Waals surface area (Å²) >= 11 is 0. The largest absolute Gasteiger partial charge is 0.342 e. The molecule has 0 bridgehead atoms. The smallest absolute Gasteiger partial charge is 0.236 e. The van der Waals surface area contributed by atoms with Gasteiger partial charge in [-0.1, -0.05) is 26.7 Å². The Labute approximate surface area is 131 Å². The zero-order valence-electron chi connectivity index (χ0n) is 14.7. The number of hydrogen-bond acceptors (Lipinski definition) is 3. The zero-order chi connectivity index (χ0) is 16.0. The summed E-state index contributed by atoms with van der Waals surface area (Å²) in [6.07, 6.45) is 5.85. The number of nitrogens with zero attached hydrogens (tertiary/aromatic N) is 2. The molecule has 0 heterocycles. The van der Waals surface area contributed by atoms with Crippen LogP contribution in [0.15, 0.2) is 0 Å². The van der Waals surface area contributed by atoms with Gasteiger partial charge in [0.1, 0.15) is 0 Å². The highest BCUT2D eigenvalue weighted by atomic mass is 16.2. The van der Waals surface area contributed by atoms with Crippen LogP contribution in [0.5, 0.6) is 0 Å². The lowest BCUT2D eigenvalue weighted by Gasteiger charge is -2.48. The van der Waals surface area contributed by atoms with Crippen LogP contribution in [-0.2, 0) is 4.79 Å². The van der Waals surface area contributed by atoms with E-state index in [1.54, 1.807) is 0 Å². The van der Waals surface area contributed by atoms with Crippen molar-refractivity contribution in [1.29, 1.82) is 0 Å². The number of hydrogen-bond donors (Lipinski definition) is 1. The molecule has 21 heavy (non-hydrogen) atoms. The molecule has 0 radical (unpaired) electrons. The van der Waals surface area contributed by atoms with E-state index < -0.39 is 0 Å². The fraction of sp³-hybridized carbons (Fsp3) is 0.941. The first-order chi connectivity index (χ1) is 9.86. The minimum absolute atomic E-state index is 0.0289. The Morgan fingerprint density at radius 3 is 2.57 bits per heavy atom. The molecule has 124 valence electrons. The van der Waals surface area contributed by atoms with Crippen molar-refractivity contribution < 1.29 is 4.79 Å². The molecule has 0 aromatic heterocycles. The molecule has 2 atom stereocenters. The third-order valence-corrected chi connectivity index (χ3v) is 5.11. The molecular formula is C17H35N3O. The summed E-state index contributed by atoms with van der Waals surface area (Å²) in [5.74, 6) is 0.920. The fourth-order valence-corrected chi connectivity index (χ4v) is 3.55. The molecule has 2 N–H and O–H groups in total. The third kappa shape index (κ3) is 4.68. The molecule has 1 rings (SSSR count). The Morgan fingerprint density at radius 2 is 2.10 bits per heavy atom. The molecular weight excluding hydrogens is 262 g/mol. The van der Waals surface area contributed by atoms with E-state index in [2.05, 4.69) is 32.6 Å². The Bertz CT molecular complexity index is 332. The second-order valence-electron chi connectivity index (χ2n) is 7.15. The fourth-order valence-electron chi connectivity index (χ4n) is 3.55. The molecule has 4 nitrogen and oxygen atoms in total. The van der Waals surface area contributed by atoms with E-state index in [0.29, 0.717) is 19.0 Å². The van der Waals surface area contributed by atoms with Crippen LogP contribution >= 0.6 is 0 Å². The maximum Gasteiger partial charge on any atom is 0.236 e. The van der Waals surface area contributed by atoms with Gasteiger partial charge in [0.2, 0.25) is 5.91 Å². The second-order valence-corrected chi connectivity index (χ2v) is 7.15. The van der Waals surface area contributed by atoms with E-state index >= 15 is 0 Å². The summed E-state index contributed by atoms with van der Waals surface area (Å²) in [7, 11) is 1.90. The number of carbonyl (C=O) groups excluding carboxylic acids is 1. The minimum Gasteiger partial charge on any atom is -0.342 e. The maximum absolute atomic E-state index is 12.5. The molecule has 1 amide bonds. The molecule has 1 saturated carbocycles. The van der Waals surface area contributed by atoms with Crippen molar-refractivity contribution in [3.63, 3.8) is 0 Å². The normalized spacial score (nSPS) is 26.4. The van der Waals surface area contributed by atoms with Gasteiger partial charge < -0.3 is 10.6 Å². The molecule has 0 saturated heterocycles. The van der Waals surface area contributed by atoms with Gasteiger partial charge in [0.05, 0.1) is 6.54 Å². The highest BCUT2D eigenvalue weighted by Crippen LogP contribution is 2.36. The average molecular weight is 297 g/mol. The summed E-state index contributed by atoms with van der Waals surface area (Å²) in [4.78, 5) is 16.7. The van der Waals surface area contributed by atoms with E-state index in [1.165, 1.54) is 12.8 Å². The van der Waals surface area contributed by atoms with Gasteiger partial charge in [0, 0.05) is 25.2 Å². The lowest BCUT2D eigenvalue weighted by molar-refractivity contribution is -0.135. The summed E-state index contributed by atoms with van der Waals surface area (Å²) in [6, 6.07) is 0.250. The number of nitrogens with two attached hydrogens (primary N) is 1. The molecule has 0 spiro atoms. The molecule has 0 aliphatic heterocycles. The van der Waals surface area contributed by atoms with Crippen LogP contribution < -0.4 is 5.73 Å². The Kier molecular flexibility index (Phi) is 7.14. The monoisotopic (exact) mass is 297 g/mol. The molecule has 0 aromatic rings. The Balaban J connectivity index is 2.85. The second kappa shape index (κ2) is 8.14. The number of likely N-dealkylation sites (N-methyl/N-ethyl adjacent to an activating group) is 1. The van der Waals surface area contributed by atoms with Crippen LogP contribution in [0.2, 0.25) is 0 Å². The molecule has 2 unspecified atom stereocenters. The van der Waals surface area contributed by atoms with E-state index in [9.17, 15) is 4.79 Å². The summed E-state index contributed by atoms with van der Waals surface area (Å²) in [5.41, 5.74) is 6.21. The van der Waals surface area contributed by atoms with Crippen molar-refractivity contribution in [1.82, 2.24) is 9.80 Å². The quantitative estimate of drug-likeness (QED) is 0.785. The average Bonchev–Trinajstić information content (AvgIpc) is 2.45. The molecule has 1 fully saturated rings. The van der Waals surface area contributed by atoms with E-state index in [0.717, 1.165) is 25.8 Å². The minimum atomic E-state index is 0.0289. The van der Waals surface area contributed by atoms with Gasteiger partial charge in [0.15, 0.2) is 0 Å². The maximum atomic E-state index is 12.5. The Hall–Kier alpha value is -0.610. The first kappa shape index (κ1) is 18.4. The van der Waals surface area contributed by atoms with E-state index in [-0.39, 0.29) is 17.5 Å². The van der Waals surface area contributed by atoms with Gasteiger partial charge in [0.25, 0.3) is 0 Å². The van der Waals surface area contributed by atoms with Crippen LogP contribution in [-0.4, -0.2) is 54.0 Å². The first-order valence-corrected chi connectivity index (χ1v) is 8.57. The SMILES string of the molecule is CCCN(CC(=O)N(C)C(C)C)C1(CN)CCCC(C)C1. The van der Waals surface area contributed by atoms with Crippen LogP contribution in [0.3, 0.4) is 0 Å². The van der Waals surface area contributed by atoms with Gasteiger partial charge in [-0.05, 0) is 45.6 Å². The van der Waals surface area contributed by atoms with Crippen molar-refractivity contribution in [3.8, 4) is 0 Å². The van der Waals surface area contributed by atoms with Crippen molar-refractivity contribution in [2.24, 2.45) is 11.7 Å². The number of amides is 1. The van der Waals surface area contributed by atoms with Crippen molar-refractivity contribution in [3.05, 3.63) is 0 Å². The molecule has 1 aliphatic rings. The van der Waals surface area contributed by atoms with Crippen LogP contribution in [0, 0.1) is 5.92 Å². The van der Waals surface area contributed by atoms with Crippen molar-refractivity contribution in [2.45, 2.75) is 71.4 Å². The summed E-state index contributed by atoms with van der Waals surface area (Å²) < 4.78 is 0. The summed E-state index contributed by atoms with van der Waals surface area (Å²) in [6.45, 7) is 10.7. The highest BCUT2D eigenvalue weighted by Gasteiger charge is 2.39. The van der Waals surface area contributed by atoms with E-state index in [4.69, 9.17) is 5.73 Å². The van der Waals surface area contributed by atoms with Gasteiger partial charge in [-0.15, -0.1) is 0 Å². The first-order valence-electron chi connectivity index (χ1n) is 8.57. The highest BCUT2D eigenvalue weighted by molar-refractivity contribution is 5.78. The number of carbonyl (C=O) groups is 1. The molecule has 0 aromatic carbocycles. The van der Waals surface area contributed by atoms with Gasteiger partial charge in [-0.2, -0.15) is 0 Å². The third-order valence-electron chi connectivity index (χ3n) is 5.11. The van der Waals surface area contributed by atoms with Crippen LogP contribution in [0.25, 0.3) is 0 Å². The molecule has 1 aliphatic carbocycles. The predicted octanol–water partition coefficient (Wildman–Crippen LogP) is 2.47. The zero-order valence-corrected chi connectivity index (χ0v) is 14.7. The van der Waals surface area contributed by atoms with Gasteiger partial charge in [-0.25, -0.2) is 0 Å². The number of rotatable bonds is 7. The lowest BCUT2D eigenvalue weighted by Crippen LogP contribution is -2.59. The van der Waals surface area contributed by atoms with Crippen LogP contribution in [0.1, 0.15) is 59.8 Å². The topological polar surface area (TPSA) is 49.6 Å². The summed E-state index contributed by atoms with van der Waals surface area (Å²) in [5, 5.41) is 0. The predicted molar refractivity (Wildman–Crippen MR) is 89.2 cm³/mol. The van der Waals surface area contributed by atoms with Gasteiger partial charge in [-0.3, -0.25) is 9.69 Å². The Morgan fingerprint density at radius 1 is 1.43 bits per heavy atom. The standard InChI is InChI=1S/C17H35N3O/c1-6-10-20(12-16(21)19(5)14(2)3)17(13-18)9-7-8-15(4)11-17/h14-15H,6-13,18H2,1-5H3. The van der Waals surface area contributed by atoms with Crippen LogP contribution in [0.4, 0.5) is 0 Å².